The Morgan fingerprint density at radius 2 is 1.96 bits per heavy atom. The number of hydrogen-bond donors (Lipinski definition) is 1. The van der Waals surface area contributed by atoms with Gasteiger partial charge in [0.2, 0.25) is 0 Å². The van der Waals surface area contributed by atoms with Crippen LogP contribution in [-0.4, -0.2) is 20.7 Å². The number of thiophene rings is 1. The molecule has 0 spiro atoms. The predicted molar refractivity (Wildman–Crippen MR) is 106 cm³/mol. The highest BCUT2D eigenvalue weighted by Gasteiger charge is 2.15. The SMILES string of the molecule is CC(C)n1ncc2cc(NC(=O)c3sccc3-c3ccccc3)cnc21. The zero-order valence-electron chi connectivity index (χ0n) is 14.5. The molecule has 0 saturated heterocycles. The number of carbonyl (C=O) groups excluding carboxylic acids is 1. The van der Waals surface area contributed by atoms with Crippen molar-refractivity contribution in [3.8, 4) is 11.1 Å². The summed E-state index contributed by atoms with van der Waals surface area (Å²) >= 11 is 1.43. The maximum absolute atomic E-state index is 12.8. The van der Waals surface area contributed by atoms with Crippen molar-refractivity contribution >= 4 is 34.0 Å². The monoisotopic (exact) mass is 362 g/mol. The number of anilines is 1. The molecule has 3 heterocycles. The van der Waals surface area contributed by atoms with Crippen LogP contribution in [0.4, 0.5) is 5.69 Å². The summed E-state index contributed by atoms with van der Waals surface area (Å²) in [6, 6.07) is 14.0. The summed E-state index contributed by atoms with van der Waals surface area (Å²) < 4.78 is 1.87. The van der Waals surface area contributed by atoms with E-state index in [0.29, 0.717) is 10.6 Å². The summed E-state index contributed by atoms with van der Waals surface area (Å²) in [5, 5.41) is 10.2. The molecule has 0 unspecified atom stereocenters. The fourth-order valence-corrected chi connectivity index (χ4v) is 3.72. The third-order valence-corrected chi connectivity index (χ3v) is 5.05. The first-order valence-corrected chi connectivity index (χ1v) is 9.29. The van der Waals surface area contributed by atoms with Gasteiger partial charge in [-0.05, 0) is 36.9 Å². The minimum absolute atomic E-state index is 0.128. The van der Waals surface area contributed by atoms with Gasteiger partial charge in [-0.25, -0.2) is 9.67 Å². The molecular formula is C20H18N4OS. The first-order chi connectivity index (χ1) is 12.6. The van der Waals surface area contributed by atoms with Crippen LogP contribution < -0.4 is 5.32 Å². The van der Waals surface area contributed by atoms with Crippen molar-refractivity contribution in [2.24, 2.45) is 0 Å². The van der Waals surface area contributed by atoms with Gasteiger partial charge >= 0.3 is 0 Å². The van der Waals surface area contributed by atoms with Crippen molar-refractivity contribution in [3.63, 3.8) is 0 Å². The maximum Gasteiger partial charge on any atom is 0.266 e. The first kappa shape index (κ1) is 16.5. The van der Waals surface area contributed by atoms with E-state index in [4.69, 9.17) is 0 Å². The molecule has 4 aromatic rings. The maximum atomic E-state index is 12.8. The molecule has 130 valence electrons. The van der Waals surface area contributed by atoms with Crippen LogP contribution in [0, 0.1) is 0 Å². The molecule has 0 radical (unpaired) electrons. The average molecular weight is 362 g/mol. The van der Waals surface area contributed by atoms with Crippen LogP contribution in [0.25, 0.3) is 22.2 Å². The second kappa shape index (κ2) is 6.72. The Labute approximate surface area is 155 Å². The molecule has 0 fully saturated rings. The van der Waals surface area contributed by atoms with Gasteiger partial charge in [0.05, 0.1) is 23.0 Å². The number of pyridine rings is 1. The van der Waals surface area contributed by atoms with Crippen LogP contribution in [0.1, 0.15) is 29.6 Å². The van der Waals surface area contributed by atoms with E-state index >= 15 is 0 Å². The largest absolute Gasteiger partial charge is 0.320 e. The molecule has 0 saturated carbocycles. The van der Waals surface area contributed by atoms with Gasteiger partial charge in [-0.2, -0.15) is 5.10 Å². The normalized spacial score (nSPS) is 11.2. The van der Waals surface area contributed by atoms with Crippen molar-refractivity contribution in [2.75, 3.05) is 5.32 Å². The van der Waals surface area contributed by atoms with E-state index in [0.717, 1.165) is 22.2 Å². The lowest BCUT2D eigenvalue weighted by Crippen LogP contribution is -2.11. The van der Waals surface area contributed by atoms with E-state index in [-0.39, 0.29) is 11.9 Å². The lowest BCUT2D eigenvalue weighted by Gasteiger charge is -2.08. The summed E-state index contributed by atoms with van der Waals surface area (Å²) in [6.07, 6.45) is 3.45. The molecule has 0 aliphatic rings. The second-order valence-electron chi connectivity index (χ2n) is 6.30. The van der Waals surface area contributed by atoms with Crippen LogP contribution in [0.2, 0.25) is 0 Å². The van der Waals surface area contributed by atoms with Crippen molar-refractivity contribution in [1.82, 2.24) is 14.8 Å². The number of amides is 1. The fraction of sp³-hybridized carbons (Fsp3) is 0.150. The summed E-state index contributed by atoms with van der Waals surface area (Å²) in [7, 11) is 0. The van der Waals surface area contributed by atoms with E-state index in [1.807, 2.05) is 52.5 Å². The van der Waals surface area contributed by atoms with Gasteiger partial charge in [0.25, 0.3) is 5.91 Å². The number of nitrogens with one attached hydrogen (secondary N) is 1. The van der Waals surface area contributed by atoms with Crippen molar-refractivity contribution in [2.45, 2.75) is 19.9 Å². The first-order valence-electron chi connectivity index (χ1n) is 8.41. The smallest absolute Gasteiger partial charge is 0.266 e. The highest BCUT2D eigenvalue weighted by Crippen LogP contribution is 2.29. The molecule has 6 heteroatoms. The Hall–Kier alpha value is -2.99. The number of aromatic nitrogens is 3. The molecule has 4 rings (SSSR count). The zero-order chi connectivity index (χ0) is 18.1. The van der Waals surface area contributed by atoms with E-state index in [9.17, 15) is 4.79 Å². The molecule has 0 bridgehead atoms. The number of hydrogen-bond acceptors (Lipinski definition) is 4. The number of fused-ring (bicyclic) bond motifs is 1. The molecule has 26 heavy (non-hydrogen) atoms. The quantitative estimate of drug-likeness (QED) is 0.556. The summed E-state index contributed by atoms with van der Waals surface area (Å²) in [6.45, 7) is 4.12. The Morgan fingerprint density at radius 1 is 1.15 bits per heavy atom. The van der Waals surface area contributed by atoms with Crippen LogP contribution >= 0.6 is 11.3 Å². The third kappa shape index (κ3) is 2.99. The summed E-state index contributed by atoms with van der Waals surface area (Å²) in [5.74, 6) is -0.128. The Kier molecular flexibility index (Phi) is 4.26. The summed E-state index contributed by atoms with van der Waals surface area (Å²) in [4.78, 5) is 17.9. The summed E-state index contributed by atoms with van der Waals surface area (Å²) in [5.41, 5.74) is 3.46. The van der Waals surface area contributed by atoms with Gasteiger partial charge in [-0.3, -0.25) is 4.79 Å². The van der Waals surface area contributed by atoms with Gasteiger partial charge in [0, 0.05) is 17.0 Å². The van der Waals surface area contributed by atoms with Crippen LogP contribution in [-0.2, 0) is 0 Å². The van der Waals surface area contributed by atoms with Crippen LogP contribution in [0.15, 0.2) is 60.2 Å². The van der Waals surface area contributed by atoms with E-state index in [2.05, 4.69) is 29.2 Å². The minimum Gasteiger partial charge on any atom is -0.320 e. The standard InChI is InChI=1S/C20H18N4OS/c1-13(2)24-19-15(11-22-24)10-16(12-21-19)23-20(25)18-17(8-9-26-18)14-6-4-3-5-7-14/h3-13H,1-2H3,(H,23,25). The topological polar surface area (TPSA) is 59.8 Å². The highest BCUT2D eigenvalue weighted by molar-refractivity contribution is 7.12. The lowest BCUT2D eigenvalue weighted by atomic mass is 10.1. The zero-order valence-corrected chi connectivity index (χ0v) is 15.3. The average Bonchev–Trinajstić information content (AvgIpc) is 3.29. The molecule has 5 nitrogen and oxygen atoms in total. The fourth-order valence-electron chi connectivity index (χ4n) is 2.90. The van der Waals surface area contributed by atoms with E-state index in [1.54, 1.807) is 12.4 Å². The van der Waals surface area contributed by atoms with Crippen molar-refractivity contribution in [3.05, 3.63) is 65.1 Å². The van der Waals surface area contributed by atoms with Gasteiger partial charge in [0.1, 0.15) is 0 Å². The lowest BCUT2D eigenvalue weighted by molar-refractivity contribution is 0.103. The molecule has 1 amide bonds. The van der Waals surface area contributed by atoms with Crippen LogP contribution in [0.5, 0.6) is 0 Å². The number of benzene rings is 1. The predicted octanol–water partition coefficient (Wildman–Crippen LogP) is 4.99. The molecule has 0 aliphatic heterocycles. The molecule has 1 N–H and O–H groups in total. The number of carbonyl (C=O) groups is 1. The molecule has 0 aliphatic carbocycles. The molecule has 3 aromatic heterocycles. The van der Waals surface area contributed by atoms with Gasteiger partial charge < -0.3 is 5.32 Å². The Bertz CT molecular complexity index is 1070. The third-order valence-electron chi connectivity index (χ3n) is 4.14. The van der Waals surface area contributed by atoms with Crippen molar-refractivity contribution in [1.29, 1.82) is 0 Å². The molecule has 1 aromatic carbocycles. The van der Waals surface area contributed by atoms with E-state index in [1.165, 1.54) is 11.3 Å². The van der Waals surface area contributed by atoms with Gasteiger partial charge in [0.15, 0.2) is 5.65 Å². The number of nitrogens with zero attached hydrogens (tertiary/aromatic N) is 3. The van der Waals surface area contributed by atoms with Crippen LogP contribution in [0.3, 0.4) is 0 Å². The van der Waals surface area contributed by atoms with Gasteiger partial charge in [-0.15, -0.1) is 11.3 Å². The van der Waals surface area contributed by atoms with Gasteiger partial charge in [-0.1, -0.05) is 30.3 Å². The second-order valence-corrected chi connectivity index (χ2v) is 7.22. The van der Waals surface area contributed by atoms with E-state index < -0.39 is 0 Å². The van der Waals surface area contributed by atoms with Crippen molar-refractivity contribution < 1.29 is 4.79 Å². The molecule has 0 atom stereocenters. The minimum atomic E-state index is -0.128. The highest BCUT2D eigenvalue weighted by atomic mass is 32.1. The number of rotatable bonds is 4. The molecular weight excluding hydrogens is 344 g/mol. The Morgan fingerprint density at radius 3 is 2.73 bits per heavy atom. The Balaban J connectivity index is 1.61.